The van der Waals surface area contributed by atoms with E-state index in [1.807, 2.05) is 6.92 Å². The van der Waals surface area contributed by atoms with E-state index in [1.165, 1.54) is 23.1 Å². The number of nitrogens with zero attached hydrogens (tertiary/aromatic N) is 1. The molecule has 0 aliphatic rings. The molecule has 1 rings (SSSR count). The van der Waals surface area contributed by atoms with Crippen LogP contribution < -0.4 is 16.8 Å². The van der Waals surface area contributed by atoms with Crippen LogP contribution in [-0.4, -0.2) is 29.1 Å². The van der Waals surface area contributed by atoms with Gasteiger partial charge in [-0.05, 0) is 6.92 Å². The average molecular weight is 311 g/mol. The predicted octanol–water partition coefficient (Wildman–Crippen LogP) is 0.738. The van der Waals surface area contributed by atoms with E-state index in [0.717, 1.165) is 9.90 Å². The first-order valence-electron chi connectivity index (χ1n) is 4.91. The second-order valence-corrected chi connectivity index (χ2v) is 5.48. The summed E-state index contributed by atoms with van der Waals surface area (Å²) >= 11 is 2.65. The van der Waals surface area contributed by atoms with Crippen molar-refractivity contribution >= 4 is 52.5 Å². The smallest absolute Gasteiger partial charge is 0.227 e. The van der Waals surface area contributed by atoms with Crippen molar-refractivity contribution in [1.82, 2.24) is 4.98 Å². The number of aryl methyl sites for hydroxylation is 1. The molecule has 1 aromatic heterocycles. The highest BCUT2D eigenvalue weighted by molar-refractivity contribution is 8.01. The second kappa shape index (κ2) is 8.30. The van der Waals surface area contributed by atoms with Gasteiger partial charge in [0.05, 0.1) is 15.7 Å². The van der Waals surface area contributed by atoms with Crippen LogP contribution in [-0.2, 0) is 9.59 Å². The van der Waals surface area contributed by atoms with Crippen LogP contribution in [0.1, 0.15) is 12.1 Å². The van der Waals surface area contributed by atoms with Gasteiger partial charge in [0, 0.05) is 13.0 Å². The van der Waals surface area contributed by atoms with Crippen LogP contribution >= 0.6 is 35.5 Å². The maximum absolute atomic E-state index is 11.3. The van der Waals surface area contributed by atoms with Gasteiger partial charge >= 0.3 is 0 Å². The van der Waals surface area contributed by atoms with E-state index in [0.29, 0.717) is 11.7 Å². The number of thioether (sulfide) groups is 1. The summed E-state index contributed by atoms with van der Waals surface area (Å²) in [4.78, 5) is 26.1. The number of rotatable bonds is 6. The molecule has 0 unspecified atom stereocenters. The fraction of sp³-hybridized carbons (Fsp3) is 0.444. The molecule has 2 amide bonds. The highest BCUT2D eigenvalue weighted by atomic mass is 35.5. The lowest BCUT2D eigenvalue weighted by atomic mass is 10.4. The van der Waals surface area contributed by atoms with Crippen molar-refractivity contribution in [3.8, 4) is 0 Å². The van der Waals surface area contributed by atoms with Crippen LogP contribution in [0.4, 0.5) is 5.13 Å². The minimum atomic E-state index is -0.378. The summed E-state index contributed by atoms with van der Waals surface area (Å²) < 4.78 is 0.881. The van der Waals surface area contributed by atoms with Gasteiger partial charge in [-0.25, -0.2) is 4.98 Å². The molecule has 9 heteroatoms. The van der Waals surface area contributed by atoms with Gasteiger partial charge in [-0.2, -0.15) is 0 Å². The molecule has 102 valence electrons. The van der Waals surface area contributed by atoms with Crippen LogP contribution in [0, 0.1) is 6.92 Å². The lowest BCUT2D eigenvalue weighted by Gasteiger charge is -1.97. The van der Waals surface area contributed by atoms with Crippen molar-refractivity contribution in [2.24, 2.45) is 11.5 Å². The third-order valence-electron chi connectivity index (χ3n) is 1.72. The Morgan fingerprint density at radius 2 is 2.17 bits per heavy atom. The molecule has 0 bridgehead atoms. The number of primary amides is 1. The number of halogens is 1. The Morgan fingerprint density at radius 1 is 1.50 bits per heavy atom. The van der Waals surface area contributed by atoms with E-state index >= 15 is 0 Å². The first kappa shape index (κ1) is 17.2. The molecular weight excluding hydrogens is 296 g/mol. The summed E-state index contributed by atoms with van der Waals surface area (Å²) in [6, 6.07) is 0. The summed E-state index contributed by atoms with van der Waals surface area (Å²) in [5.74, 6) is -0.330. The number of carbonyl (C=O) groups is 2. The van der Waals surface area contributed by atoms with Crippen LogP contribution in [0.2, 0.25) is 0 Å². The largest absolute Gasteiger partial charge is 0.369 e. The molecular formula is C9H15ClN4O2S2. The van der Waals surface area contributed by atoms with Crippen molar-refractivity contribution in [1.29, 1.82) is 0 Å². The fourth-order valence-electron chi connectivity index (χ4n) is 1.02. The Bertz CT molecular complexity index is 425. The molecule has 0 saturated carbocycles. The second-order valence-electron chi connectivity index (χ2n) is 3.23. The standard InChI is InChI=1S/C9H14N4O2S2.ClH/c1-5-8(16-4-6(11)14)17-9(12-5)13-7(15)2-3-10;/h2-4,10H2,1H3,(H2,11,14)(H,12,13,15);1H. The van der Waals surface area contributed by atoms with Gasteiger partial charge < -0.3 is 16.8 Å². The first-order chi connectivity index (χ1) is 8.02. The van der Waals surface area contributed by atoms with Crippen molar-refractivity contribution < 1.29 is 9.59 Å². The van der Waals surface area contributed by atoms with Crippen LogP contribution in [0.5, 0.6) is 0 Å². The summed E-state index contributed by atoms with van der Waals surface area (Å²) in [6.07, 6.45) is 0.266. The van der Waals surface area contributed by atoms with Gasteiger partial charge in [0.1, 0.15) is 0 Å². The number of amides is 2. The summed E-state index contributed by atoms with van der Waals surface area (Å²) in [5, 5.41) is 3.17. The highest BCUT2D eigenvalue weighted by Gasteiger charge is 2.11. The number of aromatic nitrogens is 1. The molecule has 0 aromatic carbocycles. The molecule has 0 spiro atoms. The first-order valence-corrected chi connectivity index (χ1v) is 6.71. The Labute approximate surface area is 119 Å². The zero-order valence-corrected chi connectivity index (χ0v) is 12.2. The average Bonchev–Trinajstić information content (AvgIpc) is 2.56. The summed E-state index contributed by atoms with van der Waals surface area (Å²) in [6.45, 7) is 2.12. The topological polar surface area (TPSA) is 111 Å². The number of anilines is 1. The minimum absolute atomic E-state index is 0. The van der Waals surface area contributed by atoms with Crippen molar-refractivity contribution in [2.75, 3.05) is 17.6 Å². The van der Waals surface area contributed by atoms with Gasteiger partial charge in [-0.15, -0.1) is 24.2 Å². The molecule has 0 atom stereocenters. The van der Waals surface area contributed by atoms with Crippen molar-refractivity contribution in [3.05, 3.63) is 5.69 Å². The number of nitrogens with one attached hydrogen (secondary N) is 1. The number of hydrogen-bond acceptors (Lipinski definition) is 6. The normalized spacial score (nSPS) is 9.67. The van der Waals surface area contributed by atoms with Gasteiger partial charge in [0.25, 0.3) is 0 Å². The molecule has 0 aliphatic heterocycles. The number of hydrogen-bond donors (Lipinski definition) is 3. The lowest BCUT2D eigenvalue weighted by Crippen LogP contribution is -2.15. The fourth-order valence-corrected chi connectivity index (χ4v) is 2.91. The SMILES string of the molecule is Cc1nc(NC(=O)CCN)sc1SCC(N)=O.Cl. The van der Waals surface area contributed by atoms with Crippen molar-refractivity contribution in [2.45, 2.75) is 17.6 Å². The van der Waals surface area contributed by atoms with E-state index in [4.69, 9.17) is 11.5 Å². The van der Waals surface area contributed by atoms with E-state index in [2.05, 4.69) is 10.3 Å². The summed E-state index contributed by atoms with van der Waals surface area (Å²) in [5.41, 5.74) is 11.1. The number of carbonyl (C=O) groups excluding carboxylic acids is 2. The molecule has 0 aliphatic carbocycles. The lowest BCUT2D eigenvalue weighted by molar-refractivity contribution is -0.116. The van der Waals surface area contributed by atoms with Crippen LogP contribution in [0.25, 0.3) is 0 Å². The van der Waals surface area contributed by atoms with Crippen LogP contribution in [0.3, 0.4) is 0 Å². The minimum Gasteiger partial charge on any atom is -0.369 e. The van der Waals surface area contributed by atoms with Gasteiger partial charge in [-0.1, -0.05) is 11.3 Å². The Morgan fingerprint density at radius 3 is 2.72 bits per heavy atom. The number of nitrogens with two attached hydrogens (primary N) is 2. The molecule has 5 N–H and O–H groups in total. The molecule has 18 heavy (non-hydrogen) atoms. The van der Waals surface area contributed by atoms with Crippen molar-refractivity contribution in [3.63, 3.8) is 0 Å². The number of thiazole rings is 1. The Hall–Kier alpha value is -0.830. The van der Waals surface area contributed by atoms with Gasteiger partial charge in [0.2, 0.25) is 11.8 Å². The monoisotopic (exact) mass is 310 g/mol. The maximum Gasteiger partial charge on any atom is 0.227 e. The molecule has 0 saturated heterocycles. The van der Waals surface area contributed by atoms with Gasteiger partial charge in [0.15, 0.2) is 5.13 Å². The molecule has 1 heterocycles. The van der Waals surface area contributed by atoms with E-state index in [1.54, 1.807) is 0 Å². The highest BCUT2D eigenvalue weighted by Crippen LogP contribution is 2.31. The van der Waals surface area contributed by atoms with E-state index in [9.17, 15) is 9.59 Å². The molecule has 0 radical (unpaired) electrons. The third-order valence-corrected chi connectivity index (χ3v) is 4.17. The molecule has 0 fully saturated rings. The predicted molar refractivity (Wildman–Crippen MR) is 76.3 cm³/mol. The van der Waals surface area contributed by atoms with E-state index in [-0.39, 0.29) is 36.4 Å². The van der Waals surface area contributed by atoms with E-state index < -0.39 is 0 Å². The molecule has 1 aromatic rings. The Balaban J connectivity index is 0.00000289. The van der Waals surface area contributed by atoms with Crippen LogP contribution in [0.15, 0.2) is 4.21 Å². The zero-order chi connectivity index (χ0) is 12.8. The zero-order valence-electron chi connectivity index (χ0n) is 9.76. The van der Waals surface area contributed by atoms with Gasteiger partial charge in [-0.3, -0.25) is 9.59 Å². The maximum atomic E-state index is 11.3. The quantitative estimate of drug-likeness (QED) is 0.671. The third kappa shape index (κ3) is 5.67. The summed E-state index contributed by atoms with van der Waals surface area (Å²) in [7, 11) is 0. The Kier molecular flexibility index (Phi) is 7.92. The molecule has 6 nitrogen and oxygen atoms in total.